The van der Waals surface area contributed by atoms with Gasteiger partial charge < -0.3 is 0 Å². The molecule has 10 heteroatoms. The van der Waals surface area contributed by atoms with Crippen LogP contribution in [0.3, 0.4) is 0 Å². The summed E-state index contributed by atoms with van der Waals surface area (Å²) in [6, 6.07) is 8.74. The summed E-state index contributed by atoms with van der Waals surface area (Å²) in [6.45, 7) is 0. The van der Waals surface area contributed by atoms with Crippen molar-refractivity contribution in [2.75, 3.05) is 0 Å². The van der Waals surface area contributed by atoms with Crippen molar-refractivity contribution >= 4 is 21.4 Å². The van der Waals surface area contributed by atoms with Crippen LogP contribution in [0.2, 0.25) is 5.02 Å². The van der Waals surface area contributed by atoms with Gasteiger partial charge in [-0.05, 0) is 84.5 Å². The van der Waals surface area contributed by atoms with E-state index in [9.17, 15) is 17.2 Å². The molecular weight excluding hydrogens is 434 g/mol. The van der Waals surface area contributed by atoms with E-state index in [0.717, 1.165) is 18.2 Å². The number of nitrogens with zero attached hydrogens (tertiary/aromatic N) is 3. The number of nitrogens with one attached hydrogen (secondary N) is 1. The standard InChI is InChI=1S/C20H19ClF2N4O2S/c21-14-1-4-16(5-2-14)30(28,29)20(17-12-15(22)3-6-18(17)23)9-7-13(8-10-20)11-19-24-26-27-25-19/h1-6,12-13H,7-11H2,(H,24,25,26,27)/t13-,20+. The molecule has 1 saturated carbocycles. The molecule has 2 aromatic carbocycles. The highest BCUT2D eigenvalue weighted by atomic mass is 35.5. The molecule has 1 fully saturated rings. The second-order valence-corrected chi connectivity index (χ2v) is 10.3. The number of sulfone groups is 1. The number of hydrogen-bond acceptors (Lipinski definition) is 5. The molecule has 0 spiro atoms. The third-order valence-electron chi connectivity index (χ3n) is 5.84. The van der Waals surface area contributed by atoms with E-state index < -0.39 is 26.2 Å². The van der Waals surface area contributed by atoms with Gasteiger partial charge in [-0.3, -0.25) is 0 Å². The second kappa shape index (κ2) is 8.03. The number of aromatic amines is 1. The Kier molecular flexibility index (Phi) is 5.59. The summed E-state index contributed by atoms with van der Waals surface area (Å²) in [5.41, 5.74) is -0.128. The van der Waals surface area contributed by atoms with E-state index in [0.29, 0.717) is 30.1 Å². The van der Waals surface area contributed by atoms with Gasteiger partial charge in [0, 0.05) is 17.0 Å². The highest BCUT2D eigenvalue weighted by Gasteiger charge is 2.50. The summed E-state index contributed by atoms with van der Waals surface area (Å²) >= 11 is 5.91. The van der Waals surface area contributed by atoms with Gasteiger partial charge in [-0.1, -0.05) is 11.6 Å². The minimum atomic E-state index is -4.03. The average molecular weight is 453 g/mol. The molecule has 0 saturated heterocycles. The topological polar surface area (TPSA) is 88.6 Å². The maximum Gasteiger partial charge on any atom is 0.188 e. The van der Waals surface area contributed by atoms with Crippen molar-refractivity contribution in [3.8, 4) is 0 Å². The predicted molar refractivity (Wildman–Crippen MR) is 107 cm³/mol. The lowest BCUT2D eigenvalue weighted by molar-refractivity contribution is 0.282. The molecule has 6 nitrogen and oxygen atoms in total. The molecule has 0 atom stereocenters. The van der Waals surface area contributed by atoms with Gasteiger partial charge in [0.1, 0.15) is 22.2 Å². The predicted octanol–water partition coefficient (Wildman–Crippen LogP) is 4.23. The molecule has 0 unspecified atom stereocenters. The molecule has 0 bridgehead atoms. The second-order valence-electron chi connectivity index (χ2n) is 7.57. The van der Waals surface area contributed by atoms with Crippen molar-refractivity contribution in [1.29, 1.82) is 0 Å². The van der Waals surface area contributed by atoms with Gasteiger partial charge in [0.2, 0.25) is 0 Å². The molecule has 30 heavy (non-hydrogen) atoms. The van der Waals surface area contributed by atoms with Crippen molar-refractivity contribution in [2.45, 2.75) is 41.7 Å². The molecule has 1 heterocycles. The van der Waals surface area contributed by atoms with Crippen molar-refractivity contribution in [2.24, 2.45) is 5.92 Å². The van der Waals surface area contributed by atoms with Crippen LogP contribution in [0.5, 0.6) is 0 Å². The number of aromatic nitrogens is 4. The van der Waals surface area contributed by atoms with Crippen LogP contribution in [-0.4, -0.2) is 29.0 Å². The molecule has 1 aliphatic rings. The van der Waals surface area contributed by atoms with Crippen LogP contribution in [0.25, 0.3) is 0 Å². The van der Waals surface area contributed by atoms with Gasteiger partial charge >= 0.3 is 0 Å². The van der Waals surface area contributed by atoms with Crippen molar-refractivity contribution in [3.05, 3.63) is 70.5 Å². The van der Waals surface area contributed by atoms with E-state index in [1.165, 1.54) is 24.3 Å². The number of rotatable bonds is 5. The molecule has 0 aliphatic heterocycles. The Bertz CT molecular complexity index is 1130. The molecule has 1 N–H and O–H groups in total. The van der Waals surface area contributed by atoms with Crippen LogP contribution in [0.15, 0.2) is 47.4 Å². The number of halogens is 3. The van der Waals surface area contributed by atoms with Crippen LogP contribution < -0.4 is 0 Å². The highest BCUT2D eigenvalue weighted by Crippen LogP contribution is 2.49. The zero-order chi connectivity index (χ0) is 21.4. The van der Waals surface area contributed by atoms with Crippen molar-refractivity contribution in [3.63, 3.8) is 0 Å². The molecule has 0 amide bonds. The summed E-state index contributed by atoms with van der Waals surface area (Å²) < 4.78 is 54.8. The Balaban J connectivity index is 1.75. The summed E-state index contributed by atoms with van der Waals surface area (Å²) in [7, 11) is -4.03. The van der Waals surface area contributed by atoms with Crippen LogP contribution in [-0.2, 0) is 21.0 Å². The lowest BCUT2D eigenvalue weighted by atomic mass is 9.76. The first-order valence-electron chi connectivity index (χ1n) is 9.50. The zero-order valence-corrected chi connectivity index (χ0v) is 17.4. The first kappa shape index (κ1) is 20.9. The fraction of sp³-hybridized carbons (Fsp3) is 0.350. The minimum absolute atomic E-state index is 0.0356. The van der Waals surface area contributed by atoms with E-state index in [2.05, 4.69) is 20.6 Å². The first-order chi connectivity index (χ1) is 14.3. The molecular formula is C20H19ClF2N4O2S. The maximum atomic E-state index is 14.8. The summed E-state index contributed by atoms with van der Waals surface area (Å²) in [5, 5.41) is 14.1. The number of H-pyrrole nitrogens is 1. The summed E-state index contributed by atoms with van der Waals surface area (Å²) in [4.78, 5) is 0.0356. The quantitative estimate of drug-likeness (QED) is 0.625. The average Bonchev–Trinajstić information content (AvgIpc) is 3.24. The van der Waals surface area contributed by atoms with Crippen LogP contribution in [0.1, 0.15) is 37.1 Å². The Morgan fingerprint density at radius 1 is 1.10 bits per heavy atom. The van der Waals surface area contributed by atoms with E-state index in [4.69, 9.17) is 11.6 Å². The molecule has 158 valence electrons. The monoisotopic (exact) mass is 452 g/mol. The smallest absolute Gasteiger partial charge is 0.188 e. The van der Waals surface area contributed by atoms with E-state index >= 15 is 0 Å². The van der Waals surface area contributed by atoms with Crippen molar-refractivity contribution < 1.29 is 17.2 Å². The van der Waals surface area contributed by atoms with Gasteiger partial charge in [0.25, 0.3) is 0 Å². The summed E-state index contributed by atoms with van der Waals surface area (Å²) in [5.74, 6) is -0.659. The number of tetrazole rings is 1. The Morgan fingerprint density at radius 2 is 1.80 bits per heavy atom. The Labute approximate surface area is 177 Å². The zero-order valence-electron chi connectivity index (χ0n) is 15.9. The third kappa shape index (κ3) is 3.72. The SMILES string of the molecule is O=S(=O)(c1ccc(Cl)cc1)[C@]1(c2cc(F)ccc2F)CC[C@H](Cc2nnn[nH]2)CC1. The Hall–Kier alpha value is -2.39. The lowest BCUT2D eigenvalue weighted by Crippen LogP contribution is -2.41. The fourth-order valence-electron chi connectivity index (χ4n) is 4.26. The molecule has 4 rings (SSSR count). The van der Waals surface area contributed by atoms with Gasteiger partial charge in [-0.15, -0.1) is 5.10 Å². The molecule has 1 aliphatic carbocycles. The maximum absolute atomic E-state index is 14.8. The third-order valence-corrected chi connectivity index (χ3v) is 8.64. The van der Waals surface area contributed by atoms with Gasteiger partial charge in [0.05, 0.1) is 4.90 Å². The van der Waals surface area contributed by atoms with Crippen LogP contribution in [0.4, 0.5) is 8.78 Å². The molecule has 1 aromatic heterocycles. The Morgan fingerprint density at radius 3 is 2.43 bits per heavy atom. The molecule has 3 aromatic rings. The number of hydrogen-bond donors (Lipinski definition) is 1. The first-order valence-corrected chi connectivity index (χ1v) is 11.4. The largest absolute Gasteiger partial charge is 0.243 e. The van der Waals surface area contributed by atoms with Crippen LogP contribution >= 0.6 is 11.6 Å². The minimum Gasteiger partial charge on any atom is -0.243 e. The van der Waals surface area contributed by atoms with E-state index in [-0.39, 0.29) is 29.2 Å². The number of benzene rings is 2. The van der Waals surface area contributed by atoms with Crippen LogP contribution in [0, 0.1) is 17.6 Å². The fourth-order valence-corrected chi connectivity index (χ4v) is 6.55. The lowest BCUT2D eigenvalue weighted by Gasteiger charge is -2.40. The van der Waals surface area contributed by atoms with E-state index in [1.54, 1.807) is 0 Å². The van der Waals surface area contributed by atoms with Gasteiger partial charge in [0.15, 0.2) is 9.84 Å². The van der Waals surface area contributed by atoms with E-state index in [1.807, 2.05) is 0 Å². The van der Waals surface area contributed by atoms with Crippen molar-refractivity contribution in [1.82, 2.24) is 20.6 Å². The van der Waals surface area contributed by atoms with Gasteiger partial charge in [-0.2, -0.15) is 0 Å². The highest BCUT2D eigenvalue weighted by molar-refractivity contribution is 7.92. The normalized spacial score (nSPS) is 22.2. The summed E-state index contributed by atoms with van der Waals surface area (Å²) in [6.07, 6.45) is 1.89. The molecule has 0 radical (unpaired) electrons. The van der Waals surface area contributed by atoms with Gasteiger partial charge in [-0.25, -0.2) is 22.3 Å².